The van der Waals surface area contributed by atoms with Gasteiger partial charge in [0.25, 0.3) is 10.0 Å². The Hall–Kier alpha value is -2.89. The fraction of sp³-hybridized carbons (Fsp3) is 0.444. The number of anilines is 1. The van der Waals surface area contributed by atoms with Gasteiger partial charge in [-0.1, -0.05) is 49.4 Å². The van der Waals surface area contributed by atoms with Crippen molar-refractivity contribution in [2.45, 2.75) is 50.7 Å². The van der Waals surface area contributed by atoms with Crippen LogP contribution in [0.1, 0.15) is 43.9 Å². The maximum atomic E-state index is 13.4. The number of thioether (sulfide) groups is 1. The van der Waals surface area contributed by atoms with Crippen molar-refractivity contribution in [3.8, 4) is 0 Å². The van der Waals surface area contributed by atoms with Gasteiger partial charge in [0.1, 0.15) is 6.61 Å². The monoisotopic (exact) mass is 558 g/mol. The molecule has 2 aromatic rings. The first-order chi connectivity index (χ1) is 18.1. The zero-order chi connectivity index (χ0) is 27.4. The Kier molecular flexibility index (Phi) is 8.79. The molecule has 0 bridgehead atoms. The molecule has 0 aliphatic carbocycles. The summed E-state index contributed by atoms with van der Waals surface area (Å²) in [6.45, 7) is 10.7. The van der Waals surface area contributed by atoms with Crippen LogP contribution in [0.3, 0.4) is 0 Å². The molecule has 0 N–H and O–H groups in total. The van der Waals surface area contributed by atoms with Gasteiger partial charge in [0, 0.05) is 13.1 Å². The molecule has 4 rings (SSSR count). The molecule has 38 heavy (non-hydrogen) atoms. The molecule has 1 atom stereocenters. The Bertz CT molecular complexity index is 1320. The van der Waals surface area contributed by atoms with E-state index in [0.717, 1.165) is 46.6 Å². The van der Waals surface area contributed by atoms with Crippen molar-refractivity contribution in [1.82, 2.24) is 9.91 Å². The number of hydrogen-bond donors (Lipinski definition) is 0. The van der Waals surface area contributed by atoms with Gasteiger partial charge in [-0.2, -0.15) is 5.10 Å². The topological polar surface area (TPSA) is 99.6 Å². The molecule has 2 amide bonds. The smallest absolute Gasteiger partial charge is 0.438 e. The quantitative estimate of drug-likeness (QED) is 0.455. The van der Waals surface area contributed by atoms with Crippen molar-refractivity contribution in [2.75, 3.05) is 37.1 Å². The van der Waals surface area contributed by atoms with E-state index >= 15 is 0 Å². The highest BCUT2D eigenvalue weighted by Crippen LogP contribution is 2.34. The first-order valence-electron chi connectivity index (χ1n) is 12.9. The molecule has 0 aromatic heterocycles. The lowest BCUT2D eigenvalue weighted by atomic mass is 9.98. The van der Waals surface area contributed by atoms with E-state index in [0.29, 0.717) is 37.3 Å². The van der Waals surface area contributed by atoms with E-state index in [9.17, 15) is 18.0 Å². The lowest BCUT2D eigenvalue weighted by Gasteiger charge is -2.31. The van der Waals surface area contributed by atoms with Crippen molar-refractivity contribution in [3.63, 3.8) is 0 Å². The highest BCUT2D eigenvalue weighted by Gasteiger charge is 2.34. The lowest BCUT2D eigenvalue weighted by molar-refractivity contribution is 0.103. The maximum Gasteiger partial charge on any atom is 0.438 e. The van der Waals surface area contributed by atoms with Crippen LogP contribution in [0.25, 0.3) is 0 Å². The third-order valence-electron chi connectivity index (χ3n) is 6.80. The van der Waals surface area contributed by atoms with Crippen LogP contribution < -0.4 is 4.31 Å². The van der Waals surface area contributed by atoms with Crippen LogP contribution in [-0.2, 0) is 21.2 Å². The Balaban J connectivity index is 1.58. The summed E-state index contributed by atoms with van der Waals surface area (Å²) < 4.78 is 33.6. The summed E-state index contributed by atoms with van der Waals surface area (Å²) in [5.74, 6) is 0. The molecule has 2 aromatic carbocycles. The summed E-state index contributed by atoms with van der Waals surface area (Å²) in [4.78, 5) is 27.6. The zero-order valence-corrected chi connectivity index (χ0v) is 23.8. The van der Waals surface area contributed by atoms with Crippen LogP contribution in [0.2, 0.25) is 0 Å². The number of sulfonamides is 1. The molecule has 204 valence electrons. The first kappa shape index (κ1) is 28.1. The number of nitrogens with zero attached hydrogens (tertiary/aromatic N) is 4. The fourth-order valence-electron chi connectivity index (χ4n) is 4.57. The van der Waals surface area contributed by atoms with Crippen molar-refractivity contribution >= 4 is 44.5 Å². The Morgan fingerprint density at radius 2 is 1.87 bits per heavy atom. The predicted octanol–water partition coefficient (Wildman–Crippen LogP) is 4.88. The number of amides is 2. The van der Waals surface area contributed by atoms with Crippen LogP contribution in [0.5, 0.6) is 0 Å². The second-order valence-corrected chi connectivity index (χ2v) is 12.5. The van der Waals surface area contributed by atoms with Crippen LogP contribution in [0.15, 0.2) is 52.5 Å². The van der Waals surface area contributed by atoms with E-state index < -0.39 is 21.4 Å². The number of aryl methyl sites for hydroxylation is 2. The van der Waals surface area contributed by atoms with Gasteiger partial charge in [-0.15, -0.1) is 5.01 Å². The summed E-state index contributed by atoms with van der Waals surface area (Å²) in [6.07, 6.45) is 0.600. The first-order valence-corrected chi connectivity index (χ1v) is 15.2. The molecule has 0 fully saturated rings. The van der Waals surface area contributed by atoms with Gasteiger partial charge in [-0.05, 0) is 75.2 Å². The molecule has 0 spiro atoms. The SMILES string of the molecule is CCN(CC)CCOC(=O)N1N=C(c2ccc3c(c2)CCCN3S(=O)(=O)c2ccc(C)cc2)C(C)SC1=O. The summed E-state index contributed by atoms with van der Waals surface area (Å²) >= 11 is 1.01. The third kappa shape index (κ3) is 5.89. The molecule has 0 saturated carbocycles. The molecule has 2 aliphatic rings. The third-order valence-corrected chi connectivity index (χ3v) is 9.58. The molecule has 0 radical (unpaired) electrons. The van der Waals surface area contributed by atoms with E-state index in [1.807, 2.05) is 33.8 Å². The maximum absolute atomic E-state index is 13.4. The van der Waals surface area contributed by atoms with E-state index in [1.165, 1.54) is 4.31 Å². The van der Waals surface area contributed by atoms with Crippen molar-refractivity contribution < 1.29 is 22.7 Å². The summed E-state index contributed by atoms with van der Waals surface area (Å²) in [5.41, 5.74) is 3.83. The summed E-state index contributed by atoms with van der Waals surface area (Å²) in [6, 6.07) is 12.4. The minimum Gasteiger partial charge on any atom is -0.446 e. The van der Waals surface area contributed by atoms with Crippen LogP contribution in [0, 0.1) is 6.92 Å². The number of likely N-dealkylation sites (N-methyl/N-ethyl adjacent to an activating group) is 1. The van der Waals surface area contributed by atoms with Gasteiger partial charge in [-0.3, -0.25) is 9.10 Å². The van der Waals surface area contributed by atoms with Gasteiger partial charge in [0.05, 0.1) is 21.5 Å². The van der Waals surface area contributed by atoms with Crippen molar-refractivity contribution in [2.24, 2.45) is 5.10 Å². The van der Waals surface area contributed by atoms with Gasteiger partial charge < -0.3 is 9.64 Å². The standard InChI is InChI=1S/C27H34N4O5S2/c1-5-29(6-2)16-17-36-26(32)31-27(33)37-20(4)25(28-31)22-11-14-24-21(18-22)8-7-15-30(24)38(34,35)23-12-9-19(3)10-13-23/h9-14,18,20H,5-8,15-17H2,1-4H3. The van der Waals surface area contributed by atoms with Gasteiger partial charge in [0.2, 0.25) is 0 Å². The minimum atomic E-state index is -3.71. The fourth-order valence-corrected chi connectivity index (χ4v) is 6.92. The predicted molar refractivity (Wildman–Crippen MR) is 150 cm³/mol. The number of carbonyl (C=O) groups excluding carboxylic acids is 2. The Labute approximate surface area is 228 Å². The highest BCUT2D eigenvalue weighted by atomic mass is 32.2. The second-order valence-electron chi connectivity index (χ2n) is 9.30. The number of hydrogen-bond acceptors (Lipinski definition) is 8. The molecular formula is C27H34N4O5S2. The molecule has 0 saturated heterocycles. The average molecular weight is 559 g/mol. The number of imide groups is 1. The average Bonchev–Trinajstić information content (AvgIpc) is 2.90. The molecule has 11 heteroatoms. The minimum absolute atomic E-state index is 0.166. The van der Waals surface area contributed by atoms with Gasteiger partial charge in [-0.25, -0.2) is 13.2 Å². The van der Waals surface area contributed by atoms with E-state index in [-0.39, 0.29) is 16.8 Å². The number of rotatable bonds is 8. The Morgan fingerprint density at radius 3 is 2.55 bits per heavy atom. The van der Waals surface area contributed by atoms with Crippen molar-refractivity contribution in [1.29, 1.82) is 0 Å². The summed E-state index contributed by atoms with van der Waals surface area (Å²) in [5, 5.41) is 4.41. The Morgan fingerprint density at radius 1 is 1.16 bits per heavy atom. The molecule has 9 nitrogen and oxygen atoms in total. The van der Waals surface area contributed by atoms with Crippen LogP contribution in [0.4, 0.5) is 15.3 Å². The molecule has 2 aliphatic heterocycles. The normalized spacial score (nSPS) is 17.9. The summed E-state index contributed by atoms with van der Waals surface area (Å²) in [7, 11) is -3.71. The lowest BCUT2D eigenvalue weighted by Crippen LogP contribution is -2.39. The number of carbonyl (C=O) groups is 2. The highest BCUT2D eigenvalue weighted by molar-refractivity contribution is 8.14. The van der Waals surface area contributed by atoms with E-state index in [4.69, 9.17) is 4.74 Å². The second kappa shape index (κ2) is 11.9. The van der Waals surface area contributed by atoms with E-state index in [2.05, 4.69) is 10.0 Å². The largest absolute Gasteiger partial charge is 0.446 e. The van der Waals surface area contributed by atoms with Gasteiger partial charge in [0.15, 0.2) is 0 Å². The molecule has 2 heterocycles. The number of benzene rings is 2. The van der Waals surface area contributed by atoms with E-state index in [1.54, 1.807) is 36.4 Å². The van der Waals surface area contributed by atoms with Crippen molar-refractivity contribution in [3.05, 3.63) is 59.2 Å². The number of fused-ring (bicyclic) bond motifs is 1. The van der Waals surface area contributed by atoms with Crippen LogP contribution >= 0.6 is 11.8 Å². The van der Waals surface area contributed by atoms with Crippen LogP contribution in [-0.4, -0.2) is 73.4 Å². The number of ether oxygens (including phenoxy) is 1. The molecular weight excluding hydrogens is 524 g/mol. The van der Waals surface area contributed by atoms with Gasteiger partial charge >= 0.3 is 11.3 Å². The molecule has 1 unspecified atom stereocenters. The number of hydrazone groups is 1. The zero-order valence-electron chi connectivity index (χ0n) is 22.2.